The minimum atomic E-state index is -0.770. The number of para-hydroxylation sites is 1. The number of piperazine rings is 1. The minimum absolute atomic E-state index is 0.0660. The number of nitrogens with one attached hydrogen (secondary N) is 1. The second-order valence-electron chi connectivity index (χ2n) is 11.2. The van der Waals surface area contributed by atoms with E-state index in [0.29, 0.717) is 13.0 Å². The van der Waals surface area contributed by atoms with Crippen LogP contribution in [0.25, 0.3) is 22.3 Å². The zero-order chi connectivity index (χ0) is 34.2. The van der Waals surface area contributed by atoms with Gasteiger partial charge in [-0.05, 0) is 55.8 Å². The van der Waals surface area contributed by atoms with Crippen LogP contribution < -0.4 is 29.9 Å². The van der Waals surface area contributed by atoms with E-state index in [-0.39, 0.29) is 45.1 Å². The van der Waals surface area contributed by atoms with Gasteiger partial charge in [0.1, 0.15) is 17.0 Å². The highest BCUT2D eigenvalue weighted by molar-refractivity contribution is 6.02. The van der Waals surface area contributed by atoms with Crippen LogP contribution in [0.3, 0.4) is 0 Å². The highest BCUT2D eigenvalue weighted by atomic mass is 16.6. The number of unbranched alkanes of at least 4 members (excludes halogenated alkanes) is 1. The number of anilines is 1. The summed E-state index contributed by atoms with van der Waals surface area (Å²) in [6.45, 7) is 8.14. The third kappa shape index (κ3) is 8.23. The molecule has 2 aromatic heterocycles. The molecule has 0 radical (unpaired) electrons. The average Bonchev–Trinajstić information content (AvgIpc) is 3.06. The minimum Gasteiger partial charge on any atom is -0.455 e. The number of esters is 3. The van der Waals surface area contributed by atoms with E-state index in [2.05, 4.69) is 20.1 Å². The topological polar surface area (TPSA) is 158 Å². The van der Waals surface area contributed by atoms with Gasteiger partial charge in [-0.25, -0.2) is 4.98 Å². The summed E-state index contributed by atoms with van der Waals surface area (Å²) in [5.41, 5.74) is -0.607. The lowest BCUT2D eigenvalue weighted by Gasteiger charge is -2.35. The number of benzene rings is 2. The van der Waals surface area contributed by atoms with Gasteiger partial charge in [0.15, 0.2) is 17.3 Å². The number of hydrogen-bond donors (Lipinski definition) is 1. The molecule has 0 bridgehead atoms. The van der Waals surface area contributed by atoms with E-state index in [4.69, 9.17) is 18.6 Å². The van der Waals surface area contributed by atoms with Gasteiger partial charge in [0.2, 0.25) is 11.2 Å². The van der Waals surface area contributed by atoms with Crippen molar-refractivity contribution in [2.45, 2.75) is 33.6 Å². The molecule has 0 unspecified atom stereocenters. The Morgan fingerprint density at radius 1 is 0.833 bits per heavy atom. The standard InChI is InChI=1S/C35H36N4O9/c1-22(40)45-28-20-25(21-29(46-23(2)41)34(28)47-24(3)42)33-31(32(43)26-10-4-5-11-27(26)48-33)35(44)37-14-8-9-15-38-16-18-39(19-17-38)30-12-6-7-13-36-30/h4-7,10-13,20-21H,8-9,14-19H2,1-3H3,(H,37,44). The molecule has 1 fully saturated rings. The molecular weight excluding hydrogens is 620 g/mol. The first-order chi connectivity index (χ1) is 23.1. The Morgan fingerprint density at radius 3 is 2.10 bits per heavy atom. The molecule has 48 heavy (non-hydrogen) atoms. The van der Waals surface area contributed by atoms with Crippen LogP contribution in [0.1, 0.15) is 44.0 Å². The first kappa shape index (κ1) is 33.8. The van der Waals surface area contributed by atoms with Gasteiger partial charge >= 0.3 is 17.9 Å². The van der Waals surface area contributed by atoms with Gasteiger partial charge in [-0.2, -0.15) is 0 Å². The SMILES string of the molecule is CC(=O)Oc1cc(-c2oc3ccccc3c(=O)c2C(=O)NCCCCN2CCN(c3ccccn3)CC2)cc(OC(C)=O)c1OC(C)=O. The number of pyridine rings is 1. The molecule has 4 aromatic rings. The van der Waals surface area contributed by atoms with Crippen LogP contribution in [0, 0.1) is 0 Å². The van der Waals surface area contributed by atoms with Crippen molar-refractivity contribution in [3.05, 3.63) is 76.6 Å². The van der Waals surface area contributed by atoms with E-state index in [0.717, 1.165) is 65.7 Å². The average molecular weight is 657 g/mol. The fraction of sp³-hybridized carbons (Fsp3) is 0.314. The number of amides is 1. The van der Waals surface area contributed by atoms with E-state index in [9.17, 15) is 24.0 Å². The van der Waals surface area contributed by atoms with Gasteiger partial charge in [0, 0.05) is 65.3 Å². The molecular formula is C35H36N4O9. The molecule has 250 valence electrons. The molecule has 1 amide bonds. The molecule has 0 atom stereocenters. The van der Waals surface area contributed by atoms with Crippen LogP contribution in [0.4, 0.5) is 5.82 Å². The number of rotatable bonds is 11. The normalized spacial score (nSPS) is 13.2. The highest BCUT2D eigenvalue weighted by Crippen LogP contribution is 2.43. The fourth-order valence-electron chi connectivity index (χ4n) is 5.46. The summed E-state index contributed by atoms with van der Waals surface area (Å²) >= 11 is 0. The summed E-state index contributed by atoms with van der Waals surface area (Å²) in [7, 11) is 0. The van der Waals surface area contributed by atoms with Crippen LogP contribution in [-0.2, 0) is 14.4 Å². The van der Waals surface area contributed by atoms with Crippen molar-refractivity contribution in [3.63, 3.8) is 0 Å². The first-order valence-corrected chi connectivity index (χ1v) is 15.6. The lowest BCUT2D eigenvalue weighted by atomic mass is 10.0. The monoisotopic (exact) mass is 656 g/mol. The van der Waals surface area contributed by atoms with Crippen molar-refractivity contribution in [3.8, 4) is 28.6 Å². The highest BCUT2D eigenvalue weighted by Gasteiger charge is 2.27. The molecule has 0 aliphatic carbocycles. The summed E-state index contributed by atoms with van der Waals surface area (Å²) in [6.07, 6.45) is 3.30. The molecule has 3 heterocycles. The third-order valence-corrected chi connectivity index (χ3v) is 7.59. The predicted molar refractivity (Wildman–Crippen MR) is 176 cm³/mol. The van der Waals surface area contributed by atoms with E-state index in [1.807, 2.05) is 18.2 Å². The molecule has 1 aliphatic rings. The van der Waals surface area contributed by atoms with Crippen molar-refractivity contribution in [2.75, 3.05) is 44.2 Å². The Morgan fingerprint density at radius 2 is 1.48 bits per heavy atom. The number of fused-ring (bicyclic) bond motifs is 1. The lowest BCUT2D eigenvalue weighted by Crippen LogP contribution is -2.47. The lowest BCUT2D eigenvalue weighted by molar-refractivity contribution is -0.135. The predicted octanol–water partition coefficient (Wildman–Crippen LogP) is 3.96. The zero-order valence-corrected chi connectivity index (χ0v) is 26.9. The Hall–Kier alpha value is -5.56. The fourth-order valence-corrected chi connectivity index (χ4v) is 5.46. The molecule has 0 spiro atoms. The molecule has 0 saturated carbocycles. The van der Waals surface area contributed by atoms with Crippen LogP contribution in [0.15, 0.2) is 70.0 Å². The summed E-state index contributed by atoms with van der Waals surface area (Å²) in [5, 5.41) is 3.03. The van der Waals surface area contributed by atoms with E-state index in [1.54, 1.807) is 30.5 Å². The Bertz CT molecular complexity index is 1850. The van der Waals surface area contributed by atoms with Crippen LogP contribution in [-0.4, -0.2) is 73.0 Å². The quantitative estimate of drug-likeness (QED) is 0.141. The first-order valence-electron chi connectivity index (χ1n) is 15.6. The van der Waals surface area contributed by atoms with Gasteiger partial charge in [0.25, 0.3) is 5.91 Å². The number of nitrogens with zero attached hydrogens (tertiary/aromatic N) is 3. The van der Waals surface area contributed by atoms with Gasteiger partial charge in [0.05, 0.1) is 5.39 Å². The van der Waals surface area contributed by atoms with E-state index < -0.39 is 29.2 Å². The second kappa shape index (κ2) is 15.4. The Labute approximate surface area is 276 Å². The Balaban J connectivity index is 1.36. The zero-order valence-electron chi connectivity index (χ0n) is 26.9. The molecule has 13 heteroatoms. The van der Waals surface area contributed by atoms with Gasteiger partial charge < -0.3 is 28.8 Å². The second-order valence-corrected chi connectivity index (χ2v) is 11.2. The molecule has 1 N–H and O–H groups in total. The summed E-state index contributed by atoms with van der Waals surface area (Å²) in [4.78, 5) is 72.3. The number of carbonyl (C=O) groups excluding carboxylic acids is 4. The Kier molecular flexibility index (Phi) is 10.8. The molecule has 2 aromatic carbocycles. The maximum absolute atomic E-state index is 13.8. The van der Waals surface area contributed by atoms with E-state index >= 15 is 0 Å². The van der Waals surface area contributed by atoms with Crippen LogP contribution >= 0.6 is 0 Å². The van der Waals surface area contributed by atoms with E-state index in [1.165, 1.54) is 12.1 Å². The van der Waals surface area contributed by atoms with Gasteiger partial charge in [-0.1, -0.05) is 18.2 Å². The van der Waals surface area contributed by atoms with Gasteiger partial charge in [-0.15, -0.1) is 0 Å². The number of ether oxygens (including phenoxy) is 3. The summed E-state index contributed by atoms with van der Waals surface area (Å²) in [6, 6.07) is 14.9. The largest absolute Gasteiger partial charge is 0.455 e. The van der Waals surface area contributed by atoms with Crippen molar-refractivity contribution >= 4 is 40.6 Å². The number of carbonyl (C=O) groups is 4. The molecule has 13 nitrogen and oxygen atoms in total. The smallest absolute Gasteiger partial charge is 0.308 e. The van der Waals surface area contributed by atoms with Crippen LogP contribution in [0.5, 0.6) is 17.2 Å². The van der Waals surface area contributed by atoms with Crippen molar-refractivity contribution < 1.29 is 37.8 Å². The summed E-state index contributed by atoms with van der Waals surface area (Å²) < 4.78 is 21.9. The van der Waals surface area contributed by atoms with Crippen molar-refractivity contribution in [1.82, 2.24) is 15.2 Å². The van der Waals surface area contributed by atoms with Crippen LogP contribution in [0.2, 0.25) is 0 Å². The van der Waals surface area contributed by atoms with Gasteiger partial charge in [-0.3, -0.25) is 28.9 Å². The molecule has 1 aliphatic heterocycles. The van der Waals surface area contributed by atoms with Crippen molar-refractivity contribution in [2.24, 2.45) is 0 Å². The third-order valence-electron chi connectivity index (χ3n) is 7.59. The maximum atomic E-state index is 13.8. The van der Waals surface area contributed by atoms with Crippen molar-refractivity contribution in [1.29, 1.82) is 0 Å². The summed E-state index contributed by atoms with van der Waals surface area (Å²) in [5.74, 6) is -3.03. The molecule has 1 saturated heterocycles. The number of hydrogen-bond acceptors (Lipinski definition) is 12. The maximum Gasteiger partial charge on any atom is 0.308 e. The molecule has 5 rings (SSSR count). The number of aromatic nitrogens is 1.